The molecule has 0 amide bonds. The van der Waals surface area contributed by atoms with Crippen molar-refractivity contribution in [3.05, 3.63) is 57.9 Å². The van der Waals surface area contributed by atoms with Crippen molar-refractivity contribution in [1.82, 2.24) is 14.5 Å². The number of aromatic nitrogens is 3. The molecule has 0 spiro atoms. The van der Waals surface area contributed by atoms with E-state index in [2.05, 4.69) is 9.97 Å². The summed E-state index contributed by atoms with van der Waals surface area (Å²) in [6.45, 7) is -0.766. The maximum Gasteiger partial charge on any atom is 0.359 e. The van der Waals surface area contributed by atoms with Gasteiger partial charge in [-0.3, -0.25) is 9.13 Å². The third kappa shape index (κ3) is 2.91. The molecule has 1 aliphatic rings. The molecule has 0 fully saturated rings. The minimum Gasteiger partial charge on any atom is -0.454 e. The van der Waals surface area contributed by atoms with E-state index in [-0.39, 0.29) is 23.9 Å². The summed E-state index contributed by atoms with van der Waals surface area (Å²) >= 11 is 0. The number of rotatable bonds is 3. The Morgan fingerprint density at radius 1 is 1.19 bits per heavy atom. The topological polar surface area (TPSA) is 127 Å². The average molecular weight is 453 g/mol. The molecule has 3 N–H and O–H groups in total. The van der Waals surface area contributed by atoms with E-state index in [1.54, 1.807) is 12.1 Å². The van der Waals surface area contributed by atoms with Crippen molar-refractivity contribution >= 4 is 34.8 Å². The molecule has 2 aromatic heterocycles. The number of H-pyrrole nitrogens is 1. The van der Waals surface area contributed by atoms with Crippen molar-refractivity contribution in [2.45, 2.75) is 6.54 Å². The molecule has 0 radical (unpaired) electrons. The van der Waals surface area contributed by atoms with Gasteiger partial charge in [0.05, 0.1) is 23.8 Å². The highest BCUT2D eigenvalue weighted by Crippen LogP contribution is 2.40. The van der Waals surface area contributed by atoms with Gasteiger partial charge in [-0.15, -0.1) is 0 Å². The summed E-state index contributed by atoms with van der Waals surface area (Å²) in [5.41, 5.74) is -0.793. The van der Waals surface area contributed by atoms with Crippen LogP contribution in [0.5, 0.6) is 11.5 Å². The first-order valence-electron chi connectivity index (χ1n) is 8.69. The van der Waals surface area contributed by atoms with E-state index < -0.39 is 48.1 Å². The van der Waals surface area contributed by atoms with Gasteiger partial charge < -0.3 is 24.2 Å². The van der Waals surface area contributed by atoms with Crippen molar-refractivity contribution in [2.75, 3.05) is 6.79 Å². The SMILES string of the molecule is O=c1[nH]c2cnc3c4c(ccc3c2n1Cc1c(F)cc(P(=O)(O)O)c(F)c1F)OCO4. The summed E-state index contributed by atoms with van der Waals surface area (Å²) in [4.78, 5) is 37.5. The number of hydrogen-bond donors (Lipinski definition) is 3. The van der Waals surface area contributed by atoms with Crippen molar-refractivity contribution in [1.29, 1.82) is 0 Å². The monoisotopic (exact) mass is 453 g/mol. The molecule has 160 valence electrons. The molecule has 31 heavy (non-hydrogen) atoms. The van der Waals surface area contributed by atoms with E-state index in [0.717, 1.165) is 4.57 Å². The lowest BCUT2D eigenvalue weighted by molar-refractivity contribution is 0.174. The summed E-state index contributed by atoms with van der Waals surface area (Å²) in [5, 5.41) is -0.992. The fraction of sp³-hybridized carbons (Fsp3) is 0.111. The molecule has 4 aromatic rings. The van der Waals surface area contributed by atoms with Gasteiger partial charge in [0, 0.05) is 10.9 Å². The van der Waals surface area contributed by atoms with Gasteiger partial charge in [0.25, 0.3) is 0 Å². The number of ether oxygens (including phenoxy) is 2. The Morgan fingerprint density at radius 2 is 1.97 bits per heavy atom. The predicted molar refractivity (Wildman–Crippen MR) is 101 cm³/mol. The quantitative estimate of drug-likeness (QED) is 0.319. The number of nitrogens with zero attached hydrogens (tertiary/aromatic N) is 2. The molecule has 1 aliphatic heterocycles. The zero-order valence-electron chi connectivity index (χ0n) is 15.2. The summed E-state index contributed by atoms with van der Waals surface area (Å²) in [7, 11) is -5.25. The molecule has 13 heteroatoms. The Kier molecular flexibility index (Phi) is 4.16. The Morgan fingerprint density at radius 3 is 2.71 bits per heavy atom. The van der Waals surface area contributed by atoms with Crippen LogP contribution in [0.2, 0.25) is 0 Å². The highest BCUT2D eigenvalue weighted by atomic mass is 31.2. The summed E-state index contributed by atoms with van der Waals surface area (Å²) in [5.74, 6) is -4.30. The Hall–Kier alpha value is -3.34. The summed E-state index contributed by atoms with van der Waals surface area (Å²) < 4.78 is 66.2. The largest absolute Gasteiger partial charge is 0.454 e. The number of nitrogens with one attached hydrogen (secondary N) is 1. The molecular weight excluding hydrogens is 442 g/mol. The van der Waals surface area contributed by atoms with Crippen LogP contribution in [0.25, 0.3) is 21.9 Å². The minimum absolute atomic E-state index is 0.0181. The smallest absolute Gasteiger partial charge is 0.359 e. The zero-order chi connectivity index (χ0) is 22.1. The Balaban J connectivity index is 1.74. The lowest BCUT2D eigenvalue weighted by Gasteiger charge is -2.12. The molecule has 9 nitrogen and oxygen atoms in total. The van der Waals surface area contributed by atoms with E-state index in [1.807, 2.05) is 0 Å². The molecule has 2 aromatic carbocycles. The molecule has 0 bridgehead atoms. The van der Waals surface area contributed by atoms with E-state index >= 15 is 0 Å². The minimum atomic E-state index is -5.25. The Bertz CT molecular complexity index is 1510. The van der Waals surface area contributed by atoms with Crippen LogP contribution in [0, 0.1) is 17.5 Å². The predicted octanol–water partition coefficient (Wildman–Crippen LogP) is 1.88. The Labute approximate surface area is 169 Å². The van der Waals surface area contributed by atoms with Gasteiger partial charge in [0.1, 0.15) is 16.6 Å². The van der Waals surface area contributed by atoms with Crippen LogP contribution >= 0.6 is 7.60 Å². The lowest BCUT2D eigenvalue weighted by Crippen LogP contribution is -2.22. The second kappa shape index (κ2) is 6.58. The second-order valence-electron chi connectivity index (χ2n) is 6.76. The number of imidazole rings is 1. The first kappa shape index (κ1) is 19.6. The fourth-order valence-corrected chi connectivity index (χ4v) is 4.20. The van der Waals surface area contributed by atoms with Crippen LogP contribution < -0.4 is 20.5 Å². The van der Waals surface area contributed by atoms with Crippen LogP contribution in [0.3, 0.4) is 0 Å². The molecular formula is C18H11F3N3O6P. The van der Waals surface area contributed by atoms with Gasteiger partial charge in [-0.25, -0.2) is 22.9 Å². The number of pyridine rings is 1. The number of hydrogen-bond acceptors (Lipinski definition) is 5. The fourth-order valence-electron chi connectivity index (χ4n) is 3.56. The molecule has 0 saturated heterocycles. The van der Waals surface area contributed by atoms with Crippen LogP contribution in [-0.2, 0) is 11.1 Å². The maximum absolute atomic E-state index is 14.5. The summed E-state index contributed by atoms with van der Waals surface area (Å²) in [6, 6.07) is 3.40. The maximum atomic E-state index is 14.5. The molecule has 0 saturated carbocycles. The van der Waals surface area contributed by atoms with Gasteiger partial charge in [-0.1, -0.05) is 0 Å². The van der Waals surface area contributed by atoms with Crippen LogP contribution in [0.1, 0.15) is 5.56 Å². The van der Waals surface area contributed by atoms with E-state index in [0.29, 0.717) is 22.4 Å². The summed E-state index contributed by atoms with van der Waals surface area (Å²) in [6.07, 6.45) is 1.34. The number of benzene rings is 2. The highest BCUT2D eigenvalue weighted by Gasteiger charge is 2.30. The highest BCUT2D eigenvalue weighted by molar-refractivity contribution is 7.60. The zero-order valence-corrected chi connectivity index (χ0v) is 16.1. The third-order valence-electron chi connectivity index (χ3n) is 4.97. The van der Waals surface area contributed by atoms with Gasteiger partial charge in [0.2, 0.25) is 6.79 Å². The second-order valence-corrected chi connectivity index (χ2v) is 8.33. The van der Waals surface area contributed by atoms with Crippen molar-refractivity contribution < 1.29 is 37.0 Å². The molecule has 3 heterocycles. The normalized spacial score (nSPS) is 13.5. The molecule has 5 rings (SSSR count). The standard InChI is InChI=1S/C18H11F3N3O6P/c19-9-3-12(31(26,27)28)14(21)13(20)8(9)5-24-16-7-1-2-11-17(30-6-29-11)15(7)22-4-10(16)23-18(24)25/h1-4H,5-6H2,(H,23,25)(H2,26,27,28). The van der Waals surface area contributed by atoms with E-state index in [1.165, 1.54) is 6.20 Å². The molecule has 0 unspecified atom stereocenters. The first-order valence-corrected chi connectivity index (χ1v) is 10.3. The van der Waals surface area contributed by atoms with Crippen LogP contribution in [-0.4, -0.2) is 31.1 Å². The van der Waals surface area contributed by atoms with Gasteiger partial charge in [-0.2, -0.15) is 0 Å². The van der Waals surface area contributed by atoms with Gasteiger partial charge >= 0.3 is 13.3 Å². The molecule has 0 aliphatic carbocycles. The lowest BCUT2D eigenvalue weighted by atomic mass is 10.1. The van der Waals surface area contributed by atoms with E-state index in [4.69, 9.17) is 19.3 Å². The first-order chi connectivity index (χ1) is 14.7. The third-order valence-corrected chi connectivity index (χ3v) is 5.92. The van der Waals surface area contributed by atoms with Crippen molar-refractivity contribution in [3.63, 3.8) is 0 Å². The van der Waals surface area contributed by atoms with Gasteiger partial charge in [-0.05, 0) is 18.2 Å². The van der Waals surface area contributed by atoms with Crippen molar-refractivity contribution in [3.8, 4) is 11.5 Å². The average Bonchev–Trinajstić information content (AvgIpc) is 3.31. The van der Waals surface area contributed by atoms with E-state index in [9.17, 15) is 22.5 Å². The van der Waals surface area contributed by atoms with Gasteiger partial charge in [0.15, 0.2) is 23.1 Å². The number of halogens is 3. The molecule has 0 atom stereocenters. The number of fused-ring (bicyclic) bond motifs is 5. The van der Waals surface area contributed by atoms with Crippen LogP contribution in [0.4, 0.5) is 13.2 Å². The van der Waals surface area contributed by atoms with Crippen molar-refractivity contribution in [2.24, 2.45) is 0 Å². The number of aromatic amines is 1. The van der Waals surface area contributed by atoms with Crippen LogP contribution in [0.15, 0.2) is 29.2 Å².